The fourth-order valence-corrected chi connectivity index (χ4v) is 3.17. The number of nitrogens with one attached hydrogen (secondary N) is 1. The fourth-order valence-electron chi connectivity index (χ4n) is 3.17. The fraction of sp³-hybridized carbons (Fsp3) is 0.375. The molecule has 5 heteroatoms. The summed E-state index contributed by atoms with van der Waals surface area (Å²) in [6.07, 6.45) is 5.90. The Morgan fingerprint density at radius 3 is 2.57 bits per heavy atom. The van der Waals surface area contributed by atoms with Gasteiger partial charge in [0.1, 0.15) is 6.04 Å². The minimum Gasteiger partial charge on any atom is -0.368 e. The van der Waals surface area contributed by atoms with Gasteiger partial charge in [-0.2, -0.15) is 5.10 Å². The van der Waals surface area contributed by atoms with E-state index in [4.69, 9.17) is 5.73 Å². The zero-order valence-electron chi connectivity index (χ0n) is 11.9. The zero-order valence-corrected chi connectivity index (χ0v) is 11.9. The predicted molar refractivity (Wildman–Crippen MR) is 80.5 cm³/mol. The van der Waals surface area contributed by atoms with Gasteiger partial charge in [0.2, 0.25) is 5.91 Å². The van der Waals surface area contributed by atoms with Gasteiger partial charge in [0.15, 0.2) is 0 Å². The zero-order chi connectivity index (χ0) is 14.7. The third-order valence-corrected chi connectivity index (χ3v) is 4.27. The predicted octanol–water partition coefficient (Wildman–Crippen LogP) is 1.82. The molecule has 2 heterocycles. The number of aromatic amines is 1. The molecule has 1 aliphatic heterocycles. The molecular formula is C16H20N4O. The van der Waals surface area contributed by atoms with Gasteiger partial charge in [0, 0.05) is 6.20 Å². The molecule has 0 aliphatic carbocycles. The number of aromatic nitrogens is 2. The average molecular weight is 284 g/mol. The van der Waals surface area contributed by atoms with Crippen LogP contribution in [0.3, 0.4) is 0 Å². The molecule has 3 rings (SSSR count). The van der Waals surface area contributed by atoms with Gasteiger partial charge in [-0.05, 0) is 43.0 Å². The number of primary amides is 1. The topological polar surface area (TPSA) is 75.0 Å². The number of benzene rings is 1. The first-order chi connectivity index (χ1) is 10.3. The highest BCUT2D eigenvalue weighted by Crippen LogP contribution is 2.31. The van der Waals surface area contributed by atoms with Gasteiger partial charge in [0.25, 0.3) is 0 Å². The smallest absolute Gasteiger partial charge is 0.239 e. The number of nitrogens with zero attached hydrogens (tertiary/aromatic N) is 2. The van der Waals surface area contributed by atoms with Crippen LogP contribution in [0.2, 0.25) is 0 Å². The van der Waals surface area contributed by atoms with Crippen molar-refractivity contribution in [3.8, 4) is 0 Å². The first kappa shape index (κ1) is 13.8. The molecule has 1 amide bonds. The van der Waals surface area contributed by atoms with Crippen LogP contribution in [-0.2, 0) is 4.79 Å². The van der Waals surface area contributed by atoms with E-state index in [1.165, 1.54) is 5.56 Å². The molecule has 0 spiro atoms. The molecule has 21 heavy (non-hydrogen) atoms. The Morgan fingerprint density at radius 1 is 1.29 bits per heavy atom. The number of likely N-dealkylation sites (tertiary alicyclic amines) is 1. The Balaban J connectivity index is 1.71. The van der Waals surface area contributed by atoms with E-state index in [0.717, 1.165) is 31.5 Å². The second-order valence-electron chi connectivity index (χ2n) is 5.56. The van der Waals surface area contributed by atoms with Crippen molar-refractivity contribution < 1.29 is 4.79 Å². The number of rotatable bonds is 4. The van der Waals surface area contributed by atoms with Crippen LogP contribution in [0.1, 0.15) is 35.9 Å². The van der Waals surface area contributed by atoms with Gasteiger partial charge in [-0.3, -0.25) is 14.8 Å². The minimum atomic E-state index is -0.323. The minimum absolute atomic E-state index is 0.275. The molecule has 5 nitrogen and oxygen atoms in total. The number of hydrogen-bond donors (Lipinski definition) is 2. The third kappa shape index (κ3) is 2.97. The largest absolute Gasteiger partial charge is 0.368 e. The summed E-state index contributed by atoms with van der Waals surface area (Å²) >= 11 is 0. The normalized spacial score (nSPS) is 18.5. The Hall–Kier alpha value is -2.14. The molecule has 3 N–H and O–H groups in total. The van der Waals surface area contributed by atoms with Crippen LogP contribution in [0.25, 0.3) is 0 Å². The van der Waals surface area contributed by atoms with E-state index in [-0.39, 0.29) is 11.9 Å². The molecule has 0 radical (unpaired) electrons. The molecule has 110 valence electrons. The van der Waals surface area contributed by atoms with E-state index in [9.17, 15) is 4.79 Å². The summed E-state index contributed by atoms with van der Waals surface area (Å²) in [5, 5.41) is 6.88. The summed E-state index contributed by atoms with van der Waals surface area (Å²) < 4.78 is 0. The van der Waals surface area contributed by atoms with Crippen molar-refractivity contribution in [3.05, 3.63) is 53.9 Å². The van der Waals surface area contributed by atoms with E-state index in [2.05, 4.69) is 15.1 Å². The number of piperidine rings is 1. The maximum absolute atomic E-state index is 11.9. The first-order valence-electron chi connectivity index (χ1n) is 7.32. The maximum atomic E-state index is 11.9. The Labute approximate surface area is 124 Å². The van der Waals surface area contributed by atoms with Crippen LogP contribution < -0.4 is 5.73 Å². The lowest BCUT2D eigenvalue weighted by Crippen LogP contribution is -2.42. The van der Waals surface area contributed by atoms with E-state index >= 15 is 0 Å². The van der Waals surface area contributed by atoms with Crippen molar-refractivity contribution in [2.75, 3.05) is 13.1 Å². The van der Waals surface area contributed by atoms with Crippen LogP contribution in [-0.4, -0.2) is 34.1 Å². The quantitative estimate of drug-likeness (QED) is 0.899. The van der Waals surface area contributed by atoms with E-state index in [1.54, 1.807) is 0 Å². The summed E-state index contributed by atoms with van der Waals surface area (Å²) in [7, 11) is 0. The summed E-state index contributed by atoms with van der Waals surface area (Å²) in [5.74, 6) is 0.243. The average Bonchev–Trinajstić information content (AvgIpc) is 3.03. The second-order valence-corrected chi connectivity index (χ2v) is 5.56. The van der Waals surface area contributed by atoms with Crippen LogP contribution in [0, 0.1) is 0 Å². The van der Waals surface area contributed by atoms with Gasteiger partial charge in [-0.15, -0.1) is 0 Å². The molecular weight excluding hydrogens is 264 g/mol. The summed E-state index contributed by atoms with van der Waals surface area (Å²) in [5.41, 5.74) is 7.87. The summed E-state index contributed by atoms with van der Waals surface area (Å²) in [6.45, 7) is 1.75. The maximum Gasteiger partial charge on any atom is 0.239 e. The molecule has 1 fully saturated rings. The van der Waals surface area contributed by atoms with Crippen molar-refractivity contribution in [2.24, 2.45) is 5.73 Å². The van der Waals surface area contributed by atoms with Crippen LogP contribution in [0.15, 0.2) is 42.7 Å². The third-order valence-electron chi connectivity index (χ3n) is 4.27. The monoisotopic (exact) mass is 284 g/mol. The Morgan fingerprint density at radius 2 is 2.00 bits per heavy atom. The molecule has 0 saturated carbocycles. The Kier molecular flexibility index (Phi) is 4.01. The van der Waals surface area contributed by atoms with Gasteiger partial charge < -0.3 is 5.73 Å². The highest BCUT2D eigenvalue weighted by molar-refractivity contribution is 5.81. The lowest BCUT2D eigenvalue weighted by Gasteiger charge is -2.36. The molecule has 1 atom stereocenters. The number of hydrogen-bond acceptors (Lipinski definition) is 3. The molecule has 1 aromatic carbocycles. The van der Waals surface area contributed by atoms with Crippen LogP contribution >= 0.6 is 0 Å². The van der Waals surface area contributed by atoms with E-state index < -0.39 is 0 Å². The van der Waals surface area contributed by atoms with Gasteiger partial charge in [-0.25, -0.2) is 0 Å². The van der Waals surface area contributed by atoms with Crippen molar-refractivity contribution in [2.45, 2.75) is 24.8 Å². The van der Waals surface area contributed by atoms with E-state index in [1.807, 2.05) is 42.7 Å². The second kappa shape index (κ2) is 6.10. The van der Waals surface area contributed by atoms with Crippen molar-refractivity contribution >= 4 is 5.91 Å². The highest BCUT2D eigenvalue weighted by atomic mass is 16.1. The van der Waals surface area contributed by atoms with Gasteiger partial charge in [-0.1, -0.05) is 30.3 Å². The first-order valence-corrected chi connectivity index (χ1v) is 7.32. The standard InChI is InChI=1S/C16H20N4O/c17-16(21)15(13-4-2-1-3-5-13)20-8-6-12(7-9-20)14-10-18-19-11-14/h1-5,10-12,15H,6-9H2,(H2,17,21)(H,18,19)/t15-/m0/s1. The molecule has 1 aromatic heterocycles. The summed E-state index contributed by atoms with van der Waals surface area (Å²) in [4.78, 5) is 14.1. The number of carbonyl (C=O) groups excluding carboxylic acids is 1. The highest BCUT2D eigenvalue weighted by Gasteiger charge is 2.30. The molecule has 1 saturated heterocycles. The van der Waals surface area contributed by atoms with Gasteiger partial charge >= 0.3 is 0 Å². The number of carbonyl (C=O) groups is 1. The molecule has 2 aromatic rings. The number of H-pyrrole nitrogens is 1. The molecule has 1 aliphatic rings. The van der Waals surface area contributed by atoms with Crippen molar-refractivity contribution in [1.82, 2.24) is 15.1 Å². The van der Waals surface area contributed by atoms with E-state index in [0.29, 0.717) is 5.92 Å². The summed E-state index contributed by atoms with van der Waals surface area (Å²) in [6, 6.07) is 9.46. The lowest BCUT2D eigenvalue weighted by molar-refractivity contribution is -0.124. The van der Waals surface area contributed by atoms with Crippen molar-refractivity contribution in [1.29, 1.82) is 0 Å². The number of amides is 1. The molecule has 0 bridgehead atoms. The van der Waals surface area contributed by atoms with Crippen LogP contribution in [0.5, 0.6) is 0 Å². The van der Waals surface area contributed by atoms with Gasteiger partial charge in [0.05, 0.1) is 6.20 Å². The Bertz CT molecular complexity index is 574. The lowest BCUT2D eigenvalue weighted by atomic mass is 9.90. The van der Waals surface area contributed by atoms with Crippen LogP contribution in [0.4, 0.5) is 0 Å². The molecule has 0 unspecified atom stereocenters. The number of nitrogens with two attached hydrogens (primary N) is 1. The SMILES string of the molecule is NC(=O)[C@H](c1ccccc1)N1CCC(c2cn[nH]c2)CC1. The van der Waals surface area contributed by atoms with Crippen molar-refractivity contribution in [3.63, 3.8) is 0 Å².